The molecule has 0 spiro atoms. The van der Waals surface area contributed by atoms with Crippen LogP contribution in [0.3, 0.4) is 0 Å². The van der Waals surface area contributed by atoms with E-state index in [9.17, 15) is 4.39 Å². The van der Waals surface area contributed by atoms with Crippen LogP contribution in [-0.2, 0) is 14.2 Å². The first-order chi connectivity index (χ1) is 9.24. The van der Waals surface area contributed by atoms with Crippen molar-refractivity contribution in [2.45, 2.75) is 0 Å². The van der Waals surface area contributed by atoms with E-state index in [1.165, 1.54) is 12.1 Å². The number of anilines is 1. The summed E-state index contributed by atoms with van der Waals surface area (Å²) < 4.78 is 28.2. The number of benzene rings is 1. The van der Waals surface area contributed by atoms with Gasteiger partial charge in [0.25, 0.3) is 0 Å². The zero-order valence-electron chi connectivity index (χ0n) is 11.0. The summed E-state index contributed by atoms with van der Waals surface area (Å²) in [6, 6.07) is 4.23. The van der Waals surface area contributed by atoms with Crippen LogP contribution in [-0.4, -0.2) is 46.7 Å². The fourth-order valence-corrected chi connectivity index (χ4v) is 1.59. The molecule has 0 atom stereocenters. The molecule has 1 rings (SSSR count). The molecule has 0 radical (unpaired) electrons. The highest BCUT2D eigenvalue weighted by Crippen LogP contribution is 2.21. The predicted molar refractivity (Wildman–Crippen MR) is 73.4 cm³/mol. The number of hydrogen-bond acceptors (Lipinski definition) is 4. The van der Waals surface area contributed by atoms with Crippen molar-refractivity contribution in [2.24, 2.45) is 0 Å². The normalized spacial score (nSPS) is 10.7. The third-order valence-electron chi connectivity index (χ3n) is 2.30. The summed E-state index contributed by atoms with van der Waals surface area (Å²) in [7, 11) is 1.63. The van der Waals surface area contributed by atoms with Gasteiger partial charge in [-0.2, -0.15) is 0 Å². The Morgan fingerprint density at radius 1 is 1.11 bits per heavy atom. The number of nitrogens with one attached hydrogen (secondary N) is 1. The van der Waals surface area contributed by atoms with Crippen LogP contribution >= 0.6 is 11.6 Å². The molecule has 1 N–H and O–H groups in total. The lowest BCUT2D eigenvalue weighted by Gasteiger charge is -2.09. The van der Waals surface area contributed by atoms with Gasteiger partial charge in [0.15, 0.2) is 0 Å². The summed E-state index contributed by atoms with van der Waals surface area (Å²) >= 11 is 5.87. The summed E-state index contributed by atoms with van der Waals surface area (Å²) in [5.41, 5.74) is 0.697. The van der Waals surface area contributed by atoms with Crippen molar-refractivity contribution in [3.05, 3.63) is 29.0 Å². The third-order valence-corrected chi connectivity index (χ3v) is 2.61. The van der Waals surface area contributed by atoms with Gasteiger partial charge in [0, 0.05) is 13.7 Å². The minimum Gasteiger partial charge on any atom is -0.382 e. The Kier molecular flexibility index (Phi) is 8.49. The monoisotopic (exact) mass is 291 g/mol. The maximum atomic E-state index is 12.8. The molecule has 19 heavy (non-hydrogen) atoms. The molecule has 6 heteroatoms. The summed E-state index contributed by atoms with van der Waals surface area (Å²) in [4.78, 5) is 0. The zero-order valence-corrected chi connectivity index (χ0v) is 11.7. The van der Waals surface area contributed by atoms with Crippen molar-refractivity contribution in [3.63, 3.8) is 0 Å². The molecule has 1 aromatic carbocycles. The minimum atomic E-state index is -0.347. The third kappa shape index (κ3) is 7.32. The predicted octanol–water partition coefficient (Wildman–Crippen LogP) is 2.57. The molecule has 0 saturated carbocycles. The van der Waals surface area contributed by atoms with Gasteiger partial charge < -0.3 is 19.5 Å². The van der Waals surface area contributed by atoms with Gasteiger partial charge in [-0.25, -0.2) is 4.39 Å². The maximum absolute atomic E-state index is 12.8. The molecule has 0 fully saturated rings. The molecule has 4 nitrogen and oxygen atoms in total. The van der Waals surface area contributed by atoms with Gasteiger partial charge in [0.05, 0.1) is 43.7 Å². The lowest BCUT2D eigenvalue weighted by Crippen LogP contribution is -2.13. The van der Waals surface area contributed by atoms with Crippen molar-refractivity contribution in [1.29, 1.82) is 0 Å². The molecule has 108 valence electrons. The van der Waals surface area contributed by atoms with E-state index in [0.29, 0.717) is 50.3 Å². The van der Waals surface area contributed by atoms with Crippen LogP contribution in [0.25, 0.3) is 0 Å². The average Bonchev–Trinajstić information content (AvgIpc) is 2.39. The zero-order chi connectivity index (χ0) is 13.9. The van der Waals surface area contributed by atoms with Crippen LogP contribution < -0.4 is 5.32 Å². The quantitative estimate of drug-likeness (QED) is 0.673. The van der Waals surface area contributed by atoms with Crippen LogP contribution in [0.15, 0.2) is 18.2 Å². The molecule has 0 unspecified atom stereocenters. The van der Waals surface area contributed by atoms with Crippen LogP contribution in [0.5, 0.6) is 0 Å². The van der Waals surface area contributed by atoms with E-state index in [0.717, 1.165) is 0 Å². The number of methoxy groups -OCH3 is 1. The second-order valence-electron chi connectivity index (χ2n) is 3.77. The first-order valence-corrected chi connectivity index (χ1v) is 6.45. The van der Waals surface area contributed by atoms with Gasteiger partial charge in [-0.1, -0.05) is 11.6 Å². The second kappa shape index (κ2) is 9.97. The highest BCUT2D eigenvalue weighted by molar-refractivity contribution is 6.33. The number of ether oxygens (including phenoxy) is 3. The molecular weight excluding hydrogens is 273 g/mol. The first kappa shape index (κ1) is 16.2. The molecular formula is C13H19ClFNO3. The lowest BCUT2D eigenvalue weighted by atomic mass is 10.3. The Morgan fingerprint density at radius 3 is 2.47 bits per heavy atom. The van der Waals surface area contributed by atoms with E-state index in [1.807, 2.05) is 0 Å². The van der Waals surface area contributed by atoms with Crippen molar-refractivity contribution in [3.8, 4) is 0 Å². The van der Waals surface area contributed by atoms with Crippen molar-refractivity contribution in [2.75, 3.05) is 52.0 Å². The Bertz CT molecular complexity index is 366. The molecule has 0 aliphatic carbocycles. The minimum absolute atomic E-state index is 0.347. The Labute approximate surface area is 117 Å². The molecule has 0 aliphatic heterocycles. The van der Waals surface area contributed by atoms with E-state index >= 15 is 0 Å². The van der Waals surface area contributed by atoms with Crippen LogP contribution in [0.4, 0.5) is 10.1 Å². The van der Waals surface area contributed by atoms with Crippen LogP contribution in [0.1, 0.15) is 0 Å². The largest absolute Gasteiger partial charge is 0.382 e. The number of rotatable bonds is 10. The van der Waals surface area contributed by atoms with E-state index < -0.39 is 0 Å². The number of hydrogen-bond donors (Lipinski definition) is 1. The topological polar surface area (TPSA) is 39.7 Å². The van der Waals surface area contributed by atoms with E-state index in [-0.39, 0.29) is 5.82 Å². The van der Waals surface area contributed by atoms with Gasteiger partial charge >= 0.3 is 0 Å². The molecule has 0 aromatic heterocycles. The van der Waals surface area contributed by atoms with Gasteiger partial charge in [-0.15, -0.1) is 0 Å². The first-order valence-electron chi connectivity index (χ1n) is 6.07. The summed E-state index contributed by atoms with van der Waals surface area (Å²) in [6.07, 6.45) is 0. The van der Waals surface area contributed by atoms with E-state index in [1.54, 1.807) is 13.2 Å². The van der Waals surface area contributed by atoms with Crippen LogP contribution in [0.2, 0.25) is 5.02 Å². The Balaban J connectivity index is 2.01. The summed E-state index contributed by atoms with van der Waals surface area (Å²) in [5, 5.41) is 3.43. The molecule has 0 bridgehead atoms. The van der Waals surface area contributed by atoms with Gasteiger partial charge in [-0.05, 0) is 18.2 Å². The molecule has 0 amide bonds. The molecule has 0 saturated heterocycles. The van der Waals surface area contributed by atoms with Gasteiger partial charge in [0.1, 0.15) is 5.82 Å². The van der Waals surface area contributed by atoms with E-state index in [2.05, 4.69) is 5.32 Å². The summed E-state index contributed by atoms with van der Waals surface area (Å²) in [5.74, 6) is -0.347. The Morgan fingerprint density at radius 2 is 1.79 bits per heavy atom. The maximum Gasteiger partial charge on any atom is 0.124 e. The fourth-order valence-electron chi connectivity index (χ4n) is 1.35. The highest BCUT2D eigenvalue weighted by Gasteiger charge is 2.00. The summed E-state index contributed by atoms with van der Waals surface area (Å²) in [6.45, 7) is 3.36. The van der Waals surface area contributed by atoms with Crippen molar-refractivity contribution in [1.82, 2.24) is 0 Å². The molecule has 1 aromatic rings. The highest BCUT2D eigenvalue weighted by atomic mass is 35.5. The standard InChI is InChI=1S/C13H19ClFNO3/c1-17-6-7-19-9-8-18-5-4-16-13-3-2-11(15)10-12(13)14/h2-3,10,16H,4-9H2,1H3. The van der Waals surface area contributed by atoms with Crippen molar-refractivity contribution < 1.29 is 18.6 Å². The fraction of sp³-hybridized carbons (Fsp3) is 0.538. The average molecular weight is 292 g/mol. The van der Waals surface area contributed by atoms with Crippen molar-refractivity contribution >= 4 is 17.3 Å². The number of halogens is 2. The van der Waals surface area contributed by atoms with Gasteiger partial charge in [0.2, 0.25) is 0 Å². The van der Waals surface area contributed by atoms with E-state index in [4.69, 9.17) is 25.8 Å². The Hall–Kier alpha value is -0.880. The SMILES string of the molecule is COCCOCCOCCNc1ccc(F)cc1Cl. The molecule has 0 aliphatic rings. The van der Waals surface area contributed by atoms with Crippen LogP contribution in [0, 0.1) is 5.82 Å². The smallest absolute Gasteiger partial charge is 0.124 e. The lowest BCUT2D eigenvalue weighted by molar-refractivity contribution is 0.0272. The second-order valence-corrected chi connectivity index (χ2v) is 4.18. The van der Waals surface area contributed by atoms with Gasteiger partial charge in [-0.3, -0.25) is 0 Å². The molecule has 0 heterocycles.